The summed E-state index contributed by atoms with van der Waals surface area (Å²) in [4.78, 5) is 4.65. The molecule has 30 heavy (non-hydrogen) atoms. The minimum absolute atomic E-state index is 0.218. The van der Waals surface area contributed by atoms with Crippen LogP contribution >= 0.6 is 0 Å². The first-order valence-corrected chi connectivity index (χ1v) is 11.9. The molecule has 0 spiro atoms. The summed E-state index contributed by atoms with van der Waals surface area (Å²) in [5.41, 5.74) is 4.98. The Morgan fingerprint density at radius 2 is 1.83 bits per heavy atom. The number of hydrogen-bond acceptors (Lipinski definition) is 5. The van der Waals surface area contributed by atoms with E-state index in [1.807, 2.05) is 31.3 Å². The van der Waals surface area contributed by atoms with Crippen LogP contribution in [0.15, 0.2) is 35.6 Å². The Morgan fingerprint density at radius 1 is 1.07 bits per heavy atom. The molecule has 7 nitrogen and oxygen atoms in total. The lowest BCUT2D eigenvalue weighted by atomic mass is 9.89. The Bertz CT molecular complexity index is 1230. The van der Waals surface area contributed by atoms with E-state index < -0.39 is 10.0 Å². The second kappa shape index (κ2) is 7.06. The highest BCUT2D eigenvalue weighted by molar-refractivity contribution is 7.89. The second-order valence-electron chi connectivity index (χ2n) is 8.52. The highest BCUT2D eigenvalue weighted by atomic mass is 32.2. The van der Waals surface area contributed by atoms with Gasteiger partial charge in [0.1, 0.15) is 12.1 Å². The maximum atomic E-state index is 13.4. The van der Waals surface area contributed by atoms with Gasteiger partial charge in [0.05, 0.1) is 11.5 Å². The Hall–Kier alpha value is -2.45. The van der Waals surface area contributed by atoms with Crippen LogP contribution in [0.4, 0.5) is 0 Å². The number of aryl methyl sites for hydroxylation is 2. The maximum Gasteiger partial charge on any atom is 0.243 e. The fraction of sp³-hybridized carbons (Fsp3) is 0.455. The molecular formula is C22H26N4O3S. The van der Waals surface area contributed by atoms with Gasteiger partial charge in [-0.2, -0.15) is 9.40 Å². The lowest BCUT2D eigenvalue weighted by Gasteiger charge is -2.32. The number of benzene rings is 1. The number of pyridine rings is 1. The van der Waals surface area contributed by atoms with Crippen molar-refractivity contribution in [2.45, 2.75) is 50.3 Å². The SMILES string of the molecule is Cc1cc2ncnn2cc1C1CCN(S(=O)(=O)c2cc3c(cc2C)OCC3C)CC1. The van der Waals surface area contributed by atoms with E-state index in [2.05, 4.69) is 23.9 Å². The molecule has 2 aromatic heterocycles. The molecule has 0 aliphatic carbocycles. The quantitative estimate of drug-likeness (QED) is 0.641. The summed E-state index contributed by atoms with van der Waals surface area (Å²) in [6, 6.07) is 5.74. The second-order valence-corrected chi connectivity index (χ2v) is 10.4. The van der Waals surface area contributed by atoms with Crippen molar-refractivity contribution < 1.29 is 13.2 Å². The van der Waals surface area contributed by atoms with Gasteiger partial charge >= 0.3 is 0 Å². The first kappa shape index (κ1) is 19.5. The van der Waals surface area contributed by atoms with E-state index in [1.165, 1.54) is 11.1 Å². The lowest BCUT2D eigenvalue weighted by Crippen LogP contribution is -2.38. The molecule has 0 bridgehead atoms. The molecule has 1 unspecified atom stereocenters. The van der Waals surface area contributed by atoms with Crippen LogP contribution in [-0.2, 0) is 10.0 Å². The number of nitrogens with zero attached hydrogens (tertiary/aromatic N) is 4. The average Bonchev–Trinajstić information content (AvgIpc) is 3.32. The van der Waals surface area contributed by atoms with E-state index in [9.17, 15) is 8.42 Å². The number of fused-ring (bicyclic) bond motifs is 2. The molecule has 3 aromatic rings. The minimum Gasteiger partial charge on any atom is -0.493 e. The number of aromatic nitrogens is 3. The summed E-state index contributed by atoms with van der Waals surface area (Å²) in [5, 5.41) is 4.24. The third-order valence-corrected chi connectivity index (χ3v) is 8.54. The van der Waals surface area contributed by atoms with Crippen molar-refractivity contribution in [2.75, 3.05) is 19.7 Å². The fourth-order valence-electron chi connectivity index (χ4n) is 4.72. The molecule has 0 saturated carbocycles. The zero-order valence-corrected chi connectivity index (χ0v) is 18.3. The van der Waals surface area contributed by atoms with Crippen molar-refractivity contribution in [3.05, 3.63) is 53.0 Å². The van der Waals surface area contributed by atoms with Crippen LogP contribution in [0.3, 0.4) is 0 Å². The Balaban J connectivity index is 1.38. The van der Waals surface area contributed by atoms with Crippen molar-refractivity contribution >= 4 is 15.7 Å². The van der Waals surface area contributed by atoms with E-state index in [0.29, 0.717) is 30.5 Å². The van der Waals surface area contributed by atoms with Gasteiger partial charge in [0.2, 0.25) is 10.0 Å². The standard InChI is InChI=1S/C22H26N4O3S/c1-14-9-22-23-13-24-26(22)11-19(14)17-4-6-25(7-5-17)30(27,28)21-10-18-16(3)12-29-20(18)8-15(21)2/h8-11,13,16-17H,4-7,12H2,1-3H3. The molecule has 0 radical (unpaired) electrons. The third kappa shape index (κ3) is 3.09. The fourth-order valence-corrected chi connectivity index (χ4v) is 6.43. The van der Waals surface area contributed by atoms with Crippen LogP contribution in [-0.4, -0.2) is 47.0 Å². The number of rotatable bonds is 3. The zero-order valence-electron chi connectivity index (χ0n) is 17.5. The number of sulfonamides is 1. The topological polar surface area (TPSA) is 76.8 Å². The molecular weight excluding hydrogens is 400 g/mol. The molecule has 1 aromatic carbocycles. The van der Waals surface area contributed by atoms with E-state index in [0.717, 1.165) is 35.4 Å². The average molecular weight is 427 g/mol. The van der Waals surface area contributed by atoms with Gasteiger partial charge in [0.25, 0.3) is 0 Å². The summed E-state index contributed by atoms with van der Waals surface area (Å²) in [7, 11) is -3.53. The predicted molar refractivity (Wildman–Crippen MR) is 114 cm³/mol. The number of ether oxygens (including phenoxy) is 1. The molecule has 1 atom stereocenters. The molecule has 1 fully saturated rings. The molecule has 1 saturated heterocycles. The monoisotopic (exact) mass is 426 g/mol. The van der Waals surface area contributed by atoms with E-state index in [1.54, 1.807) is 15.1 Å². The van der Waals surface area contributed by atoms with Crippen LogP contribution in [0.1, 0.15) is 53.9 Å². The molecule has 5 rings (SSSR count). The van der Waals surface area contributed by atoms with Gasteiger partial charge in [-0.1, -0.05) is 6.92 Å². The normalized spacial score (nSPS) is 20.4. The minimum atomic E-state index is -3.53. The van der Waals surface area contributed by atoms with Crippen molar-refractivity contribution in [1.29, 1.82) is 0 Å². The van der Waals surface area contributed by atoms with Gasteiger partial charge in [-0.25, -0.2) is 17.9 Å². The van der Waals surface area contributed by atoms with Crippen LogP contribution in [0.5, 0.6) is 5.75 Å². The Kier molecular flexibility index (Phi) is 4.59. The van der Waals surface area contributed by atoms with Crippen molar-refractivity contribution in [2.24, 2.45) is 0 Å². The summed E-state index contributed by atoms with van der Waals surface area (Å²) in [6.07, 6.45) is 5.19. The largest absolute Gasteiger partial charge is 0.493 e. The first-order valence-electron chi connectivity index (χ1n) is 10.4. The lowest BCUT2D eigenvalue weighted by molar-refractivity contribution is 0.318. The van der Waals surface area contributed by atoms with E-state index in [-0.39, 0.29) is 5.92 Å². The van der Waals surface area contributed by atoms with Crippen LogP contribution in [0, 0.1) is 13.8 Å². The predicted octanol–water partition coefficient (Wildman–Crippen LogP) is 3.41. The highest BCUT2D eigenvalue weighted by Crippen LogP contribution is 2.39. The van der Waals surface area contributed by atoms with Gasteiger partial charge in [-0.05, 0) is 67.5 Å². The highest BCUT2D eigenvalue weighted by Gasteiger charge is 2.33. The van der Waals surface area contributed by atoms with Gasteiger partial charge in [-0.3, -0.25) is 0 Å². The van der Waals surface area contributed by atoms with E-state index in [4.69, 9.17) is 4.74 Å². The molecule has 2 aliphatic heterocycles. The molecule has 8 heteroatoms. The summed E-state index contributed by atoms with van der Waals surface area (Å²) in [5.74, 6) is 1.35. The summed E-state index contributed by atoms with van der Waals surface area (Å²) >= 11 is 0. The Labute approximate surface area is 176 Å². The van der Waals surface area contributed by atoms with Gasteiger partial charge < -0.3 is 4.74 Å². The third-order valence-electron chi connectivity index (χ3n) is 6.50. The van der Waals surface area contributed by atoms with Gasteiger partial charge in [0, 0.05) is 30.8 Å². The van der Waals surface area contributed by atoms with Gasteiger partial charge in [0.15, 0.2) is 5.65 Å². The van der Waals surface area contributed by atoms with Gasteiger partial charge in [-0.15, -0.1) is 0 Å². The Morgan fingerprint density at radius 3 is 2.60 bits per heavy atom. The molecule has 0 N–H and O–H groups in total. The smallest absolute Gasteiger partial charge is 0.243 e. The van der Waals surface area contributed by atoms with Crippen molar-refractivity contribution in [1.82, 2.24) is 18.9 Å². The van der Waals surface area contributed by atoms with Crippen molar-refractivity contribution in [3.63, 3.8) is 0 Å². The molecule has 0 amide bonds. The maximum absolute atomic E-state index is 13.4. The zero-order chi connectivity index (χ0) is 21.0. The van der Waals surface area contributed by atoms with E-state index >= 15 is 0 Å². The van der Waals surface area contributed by atoms with Crippen LogP contribution in [0.2, 0.25) is 0 Å². The molecule has 158 valence electrons. The summed E-state index contributed by atoms with van der Waals surface area (Å²) in [6.45, 7) is 7.65. The number of hydrogen-bond donors (Lipinski definition) is 0. The van der Waals surface area contributed by atoms with Crippen LogP contribution < -0.4 is 4.74 Å². The molecule has 2 aliphatic rings. The molecule has 4 heterocycles. The van der Waals surface area contributed by atoms with Crippen molar-refractivity contribution in [3.8, 4) is 5.75 Å². The first-order chi connectivity index (χ1) is 14.3. The number of piperidine rings is 1. The summed E-state index contributed by atoms with van der Waals surface area (Å²) < 4.78 is 36.0. The van der Waals surface area contributed by atoms with Crippen LogP contribution in [0.25, 0.3) is 5.65 Å².